The third kappa shape index (κ3) is 4.40. The van der Waals surface area contributed by atoms with E-state index >= 15 is 0 Å². The summed E-state index contributed by atoms with van der Waals surface area (Å²) in [5.74, 6) is 0. The summed E-state index contributed by atoms with van der Waals surface area (Å²) in [7, 11) is 0. The molecule has 1 aliphatic rings. The van der Waals surface area contributed by atoms with Crippen LogP contribution in [0.2, 0.25) is 0 Å². The second kappa shape index (κ2) is 6.57. The maximum atomic E-state index is 8.99. The van der Waals surface area contributed by atoms with Gasteiger partial charge in [-0.1, -0.05) is 36.4 Å². The Morgan fingerprint density at radius 3 is 1.86 bits per heavy atom. The van der Waals surface area contributed by atoms with E-state index in [2.05, 4.69) is 5.32 Å². The van der Waals surface area contributed by atoms with Crippen molar-refractivity contribution in [2.75, 3.05) is 6.54 Å². The van der Waals surface area contributed by atoms with E-state index in [0.717, 1.165) is 13.0 Å². The van der Waals surface area contributed by atoms with Crippen LogP contribution in [-0.4, -0.2) is 23.8 Å². The fraction of sp³-hybridized carbons (Fsp3) is 0.500. The SMILES string of the molecule is CC(O)C1CCCN1.c1ccccc1. The van der Waals surface area contributed by atoms with E-state index in [1.807, 2.05) is 43.3 Å². The summed E-state index contributed by atoms with van der Waals surface area (Å²) in [5.41, 5.74) is 0. The number of rotatable bonds is 1. The molecule has 1 aliphatic heterocycles. The van der Waals surface area contributed by atoms with Crippen LogP contribution in [0.3, 0.4) is 0 Å². The average Bonchev–Trinajstić information content (AvgIpc) is 2.74. The molecule has 0 amide bonds. The van der Waals surface area contributed by atoms with Crippen LogP contribution in [0.5, 0.6) is 0 Å². The molecule has 2 atom stereocenters. The van der Waals surface area contributed by atoms with Crippen molar-refractivity contribution in [1.82, 2.24) is 5.32 Å². The Labute approximate surface area is 86.0 Å². The highest BCUT2D eigenvalue weighted by Gasteiger charge is 2.17. The summed E-state index contributed by atoms with van der Waals surface area (Å²) in [6, 6.07) is 12.4. The topological polar surface area (TPSA) is 32.3 Å². The van der Waals surface area contributed by atoms with Crippen molar-refractivity contribution in [1.29, 1.82) is 0 Å². The van der Waals surface area contributed by atoms with Crippen molar-refractivity contribution in [2.24, 2.45) is 0 Å². The van der Waals surface area contributed by atoms with E-state index in [-0.39, 0.29) is 6.10 Å². The van der Waals surface area contributed by atoms with Crippen LogP contribution in [0, 0.1) is 0 Å². The molecule has 2 nitrogen and oxygen atoms in total. The van der Waals surface area contributed by atoms with E-state index in [0.29, 0.717) is 6.04 Å². The predicted octanol–water partition coefficient (Wildman–Crippen LogP) is 1.81. The van der Waals surface area contributed by atoms with Crippen molar-refractivity contribution < 1.29 is 5.11 Å². The molecule has 0 aromatic heterocycles. The zero-order chi connectivity index (χ0) is 10.2. The van der Waals surface area contributed by atoms with Gasteiger partial charge in [0.1, 0.15) is 0 Å². The van der Waals surface area contributed by atoms with Crippen LogP contribution in [0.1, 0.15) is 19.8 Å². The zero-order valence-electron chi connectivity index (χ0n) is 8.69. The molecule has 2 rings (SSSR count). The van der Waals surface area contributed by atoms with Crippen molar-refractivity contribution in [3.05, 3.63) is 36.4 Å². The van der Waals surface area contributed by atoms with Crippen molar-refractivity contribution in [2.45, 2.75) is 31.9 Å². The fourth-order valence-corrected chi connectivity index (χ4v) is 1.51. The van der Waals surface area contributed by atoms with Gasteiger partial charge in [0.25, 0.3) is 0 Å². The Bertz CT molecular complexity index is 190. The van der Waals surface area contributed by atoms with Gasteiger partial charge in [-0.15, -0.1) is 0 Å². The maximum absolute atomic E-state index is 8.99. The highest BCUT2D eigenvalue weighted by molar-refractivity contribution is 4.99. The van der Waals surface area contributed by atoms with E-state index in [1.54, 1.807) is 0 Å². The number of hydrogen-bond acceptors (Lipinski definition) is 2. The molecule has 14 heavy (non-hydrogen) atoms. The second-order valence-corrected chi connectivity index (χ2v) is 3.60. The third-order valence-corrected chi connectivity index (χ3v) is 2.35. The lowest BCUT2D eigenvalue weighted by Crippen LogP contribution is -2.32. The molecule has 0 saturated carbocycles. The Hall–Kier alpha value is -0.860. The van der Waals surface area contributed by atoms with Gasteiger partial charge in [0, 0.05) is 6.04 Å². The molecule has 2 N–H and O–H groups in total. The first-order valence-corrected chi connectivity index (χ1v) is 5.22. The van der Waals surface area contributed by atoms with Gasteiger partial charge in [0.15, 0.2) is 0 Å². The molecule has 1 aromatic rings. The summed E-state index contributed by atoms with van der Waals surface area (Å²) in [4.78, 5) is 0. The van der Waals surface area contributed by atoms with E-state index < -0.39 is 0 Å². The molecule has 1 saturated heterocycles. The maximum Gasteiger partial charge on any atom is 0.0665 e. The van der Waals surface area contributed by atoms with Gasteiger partial charge in [0.05, 0.1) is 6.10 Å². The summed E-state index contributed by atoms with van der Waals surface area (Å²) in [5, 5.41) is 12.2. The second-order valence-electron chi connectivity index (χ2n) is 3.60. The van der Waals surface area contributed by atoms with Gasteiger partial charge in [-0.05, 0) is 26.3 Å². The first kappa shape index (κ1) is 11.2. The van der Waals surface area contributed by atoms with Crippen molar-refractivity contribution in [3.63, 3.8) is 0 Å². The predicted molar refractivity (Wildman–Crippen MR) is 59.1 cm³/mol. The van der Waals surface area contributed by atoms with E-state index in [9.17, 15) is 0 Å². The smallest absolute Gasteiger partial charge is 0.0665 e. The lowest BCUT2D eigenvalue weighted by atomic mass is 10.1. The number of benzene rings is 1. The normalized spacial score (nSPS) is 22.3. The van der Waals surface area contributed by atoms with Crippen LogP contribution in [-0.2, 0) is 0 Å². The van der Waals surface area contributed by atoms with Gasteiger partial charge in [-0.2, -0.15) is 0 Å². The Kier molecular flexibility index (Phi) is 5.27. The van der Waals surface area contributed by atoms with Gasteiger partial charge >= 0.3 is 0 Å². The number of nitrogens with one attached hydrogen (secondary N) is 1. The lowest BCUT2D eigenvalue weighted by Gasteiger charge is -2.11. The third-order valence-electron chi connectivity index (χ3n) is 2.35. The quantitative estimate of drug-likeness (QED) is 0.713. The summed E-state index contributed by atoms with van der Waals surface area (Å²) in [6.45, 7) is 2.92. The molecule has 2 unspecified atom stereocenters. The minimum absolute atomic E-state index is 0.169. The van der Waals surface area contributed by atoms with Crippen LogP contribution in [0.15, 0.2) is 36.4 Å². The molecule has 0 radical (unpaired) electrons. The summed E-state index contributed by atoms with van der Waals surface area (Å²) < 4.78 is 0. The van der Waals surface area contributed by atoms with E-state index in [4.69, 9.17) is 5.11 Å². The Morgan fingerprint density at radius 2 is 1.64 bits per heavy atom. The molecule has 1 aromatic carbocycles. The Balaban J connectivity index is 0.000000146. The molecular weight excluding hydrogens is 174 g/mol. The van der Waals surface area contributed by atoms with Gasteiger partial charge in [0.2, 0.25) is 0 Å². The highest BCUT2D eigenvalue weighted by Crippen LogP contribution is 2.07. The van der Waals surface area contributed by atoms with Crippen molar-refractivity contribution in [3.8, 4) is 0 Å². The van der Waals surface area contributed by atoms with Crippen LogP contribution in [0.25, 0.3) is 0 Å². The molecule has 1 heterocycles. The van der Waals surface area contributed by atoms with Crippen molar-refractivity contribution >= 4 is 0 Å². The van der Waals surface area contributed by atoms with E-state index in [1.165, 1.54) is 6.42 Å². The molecule has 78 valence electrons. The summed E-state index contributed by atoms with van der Waals surface area (Å²) in [6.07, 6.45) is 2.19. The largest absolute Gasteiger partial charge is 0.392 e. The Morgan fingerprint density at radius 1 is 1.14 bits per heavy atom. The molecule has 1 fully saturated rings. The number of aliphatic hydroxyl groups excluding tert-OH is 1. The standard InChI is InChI=1S/C6H13NO.C6H6/c1-5(8)6-3-2-4-7-6;1-2-4-6-5-3-1/h5-8H,2-4H2,1H3;1-6H. The lowest BCUT2D eigenvalue weighted by molar-refractivity contribution is 0.154. The first-order chi connectivity index (χ1) is 6.80. The van der Waals surface area contributed by atoms with Gasteiger partial charge < -0.3 is 10.4 Å². The van der Waals surface area contributed by atoms with Gasteiger partial charge in [-0.3, -0.25) is 0 Å². The molecule has 0 aliphatic carbocycles. The highest BCUT2D eigenvalue weighted by atomic mass is 16.3. The molecule has 0 bridgehead atoms. The molecule has 0 spiro atoms. The number of aliphatic hydroxyl groups is 1. The fourth-order valence-electron chi connectivity index (χ4n) is 1.51. The zero-order valence-corrected chi connectivity index (χ0v) is 8.69. The monoisotopic (exact) mass is 193 g/mol. The van der Waals surface area contributed by atoms with Crippen LogP contribution < -0.4 is 5.32 Å². The first-order valence-electron chi connectivity index (χ1n) is 5.22. The molecular formula is C12H19NO. The van der Waals surface area contributed by atoms with Gasteiger partial charge in [-0.25, -0.2) is 0 Å². The van der Waals surface area contributed by atoms with Crippen LogP contribution >= 0.6 is 0 Å². The minimum atomic E-state index is -0.169. The summed E-state index contributed by atoms with van der Waals surface area (Å²) >= 11 is 0. The number of hydrogen-bond donors (Lipinski definition) is 2. The average molecular weight is 193 g/mol. The molecule has 2 heteroatoms. The van der Waals surface area contributed by atoms with Crippen LogP contribution in [0.4, 0.5) is 0 Å². The minimum Gasteiger partial charge on any atom is -0.392 e.